The lowest BCUT2D eigenvalue weighted by molar-refractivity contribution is 0.629. The van der Waals surface area contributed by atoms with Crippen LogP contribution in [0, 0.1) is 19.7 Å². The third-order valence-electron chi connectivity index (χ3n) is 2.57. The SMILES string of the molecule is Cc1cccc(F)c1NCc1cc(Br)c(C)s1. The summed E-state index contributed by atoms with van der Waals surface area (Å²) in [4.78, 5) is 2.43. The Hall–Kier alpha value is -0.870. The van der Waals surface area contributed by atoms with E-state index in [1.807, 2.05) is 13.0 Å². The molecule has 0 unspecified atom stereocenters. The Morgan fingerprint density at radius 3 is 2.71 bits per heavy atom. The Morgan fingerprint density at radius 2 is 2.12 bits per heavy atom. The molecule has 1 aromatic carbocycles. The maximum absolute atomic E-state index is 13.6. The smallest absolute Gasteiger partial charge is 0.146 e. The van der Waals surface area contributed by atoms with Crippen molar-refractivity contribution in [2.24, 2.45) is 0 Å². The largest absolute Gasteiger partial charge is 0.378 e. The summed E-state index contributed by atoms with van der Waals surface area (Å²) in [5.41, 5.74) is 1.52. The average molecular weight is 314 g/mol. The van der Waals surface area contributed by atoms with Crippen molar-refractivity contribution in [3.05, 3.63) is 49.9 Å². The summed E-state index contributed by atoms with van der Waals surface area (Å²) in [6, 6.07) is 7.18. The van der Waals surface area contributed by atoms with Gasteiger partial charge in [0.1, 0.15) is 5.82 Å². The molecule has 0 aliphatic carbocycles. The van der Waals surface area contributed by atoms with E-state index >= 15 is 0 Å². The molecular weight excluding hydrogens is 301 g/mol. The average Bonchev–Trinajstić information content (AvgIpc) is 2.58. The maximum atomic E-state index is 13.6. The van der Waals surface area contributed by atoms with Crippen LogP contribution in [0.5, 0.6) is 0 Å². The van der Waals surface area contributed by atoms with Crippen LogP contribution in [-0.4, -0.2) is 0 Å². The summed E-state index contributed by atoms with van der Waals surface area (Å²) in [5, 5.41) is 3.15. The molecule has 2 rings (SSSR count). The Balaban J connectivity index is 2.12. The Bertz CT molecular complexity index is 496. The molecule has 0 saturated carbocycles. The number of aryl methyl sites for hydroxylation is 2. The molecule has 2 aromatic rings. The van der Waals surface area contributed by atoms with Crippen LogP contribution in [0.25, 0.3) is 0 Å². The lowest BCUT2D eigenvalue weighted by Crippen LogP contribution is -2.01. The molecule has 0 fully saturated rings. The van der Waals surface area contributed by atoms with E-state index in [0.717, 1.165) is 10.0 Å². The van der Waals surface area contributed by atoms with Crippen LogP contribution < -0.4 is 5.32 Å². The molecule has 0 saturated heterocycles. The fraction of sp³-hybridized carbons (Fsp3) is 0.231. The topological polar surface area (TPSA) is 12.0 Å². The van der Waals surface area contributed by atoms with Crippen LogP contribution in [0.1, 0.15) is 15.3 Å². The molecule has 1 aromatic heterocycles. The van der Waals surface area contributed by atoms with Gasteiger partial charge in [0.2, 0.25) is 0 Å². The number of anilines is 1. The summed E-state index contributed by atoms with van der Waals surface area (Å²) in [6.07, 6.45) is 0. The molecule has 0 atom stereocenters. The van der Waals surface area contributed by atoms with Crippen LogP contribution in [0.15, 0.2) is 28.7 Å². The number of benzene rings is 1. The van der Waals surface area contributed by atoms with Crippen molar-refractivity contribution in [1.82, 2.24) is 0 Å². The van der Waals surface area contributed by atoms with E-state index in [1.54, 1.807) is 17.4 Å². The van der Waals surface area contributed by atoms with Crippen LogP contribution in [0.4, 0.5) is 10.1 Å². The second-order valence-corrected chi connectivity index (χ2v) is 6.10. The van der Waals surface area contributed by atoms with Gasteiger partial charge in [-0.05, 0) is 47.5 Å². The number of para-hydroxylation sites is 1. The quantitative estimate of drug-likeness (QED) is 0.851. The molecular formula is C13H13BrFNS. The Labute approximate surface area is 113 Å². The fourth-order valence-electron chi connectivity index (χ4n) is 1.64. The number of halogens is 2. The molecule has 1 nitrogen and oxygen atoms in total. The molecule has 0 aliphatic rings. The van der Waals surface area contributed by atoms with Gasteiger partial charge >= 0.3 is 0 Å². The van der Waals surface area contributed by atoms with Gasteiger partial charge in [0, 0.05) is 20.8 Å². The Morgan fingerprint density at radius 1 is 1.35 bits per heavy atom. The third kappa shape index (κ3) is 2.87. The number of rotatable bonds is 3. The van der Waals surface area contributed by atoms with E-state index in [1.165, 1.54) is 15.8 Å². The zero-order valence-corrected chi connectivity index (χ0v) is 12.1. The van der Waals surface area contributed by atoms with Crippen LogP contribution in [0.3, 0.4) is 0 Å². The molecule has 0 bridgehead atoms. The summed E-state index contributed by atoms with van der Waals surface area (Å²) in [5.74, 6) is -0.197. The molecule has 1 heterocycles. The van der Waals surface area contributed by atoms with E-state index in [-0.39, 0.29) is 5.82 Å². The second-order valence-electron chi connectivity index (χ2n) is 3.90. The number of nitrogens with one attached hydrogen (secondary N) is 1. The molecule has 0 spiro atoms. The number of hydrogen-bond acceptors (Lipinski definition) is 2. The normalized spacial score (nSPS) is 10.6. The molecule has 90 valence electrons. The van der Waals surface area contributed by atoms with Gasteiger partial charge in [-0.2, -0.15) is 0 Å². The van der Waals surface area contributed by atoms with E-state index < -0.39 is 0 Å². The van der Waals surface area contributed by atoms with Crippen molar-refractivity contribution >= 4 is 33.0 Å². The van der Waals surface area contributed by atoms with Crippen LogP contribution in [-0.2, 0) is 6.54 Å². The van der Waals surface area contributed by atoms with Gasteiger partial charge in [-0.25, -0.2) is 4.39 Å². The highest BCUT2D eigenvalue weighted by molar-refractivity contribution is 9.10. The van der Waals surface area contributed by atoms with Gasteiger partial charge in [-0.15, -0.1) is 11.3 Å². The van der Waals surface area contributed by atoms with Crippen molar-refractivity contribution in [2.45, 2.75) is 20.4 Å². The van der Waals surface area contributed by atoms with Crippen molar-refractivity contribution in [3.63, 3.8) is 0 Å². The van der Waals surface area contributed by atoms with Gasteiger partial charge in [0.25, 0.3) is 0 Å². The lowest BCUT2D eigenvalue weighted by atomic mass is 10.2. The minimum Gasteiger partial charge on any atom is -0.378 e. The van der Waals surface area contributed by atoms with E-state index in [2.05, 4.69) is 34.2 Å². The molecule has 17 heavy (non-hydrogen) atoms. The first-order valence-electron chi connectivity index (χ1n) is 5.31. The summed E-state index contributed by atoms with van der Waals surface area (Å²) in [7, 11) is 0. The van der Waals surface area contributed by atoms with Crippen molar-refractivity contribution in [3.8, 4) is 0 Å². The highest BCUT2D eigenvalue weighted by Gasteiger charge is 2.06. The first-order valence-corrected chi connectivity index (χ1v) is 6.92. The standard InChI is InChI=1S/C13H13BrFNS/c1-8-4-3-5-12(15)13(8)16-7-10-6-11(14)9(2)17-10/h3-6,16H,7H2,1-2H3. The van der Waals surface area contributed by atoms with Crippen molar-refractivity contribution < 1.29 is 4.39 Å². The number of thiophene rings is 1. The van der Waals surface area contributed by atoms with E-state index in [4.69, 9.17) is 0 Å². The summed E-state index contributed by atoms with van der Waals surface area (Å²) in [6.45, 7) is 4.62. The maximum Gasteiger partial charge on any atom is 0.146 e. The molecule has 4 heteroatoms. The van der Waals surface area contributed by atoms with Crippen LogP contribution in [0.2, 0.25) is 0 Å². The Kier molecular flexibility index (Phi) is 3.84. The first-order chi connectivity index (χ1) is 8.08. The van der Waals surface area contributed by atoms with Gasteiger partial charge in [0.15, 0.2) is 0 Å². The zero-order valence-electron chi connectivity index (χ0n) is 9.68. The number of hydrogen-bond donors (Lipinski definition) is 1. The van der Waals surface area contributed by atoms with Gasteiger partial charge in [-0.1, -0.05) is 12.1 Å². The minimum atomic E-state index is -0.197. The fourth-order valence-corrected chi connectivity index (χ4v) is 3.18. The van der Waals surface area contributed by atoms with Crippen molar-refractivity contribution in [2.75, 3.05) is 5.32 Å². The summed E-state index contributed by atoms with van der Waals surface area (Å²) < 4.78 is 14.7. The molecule has 1 N–H and O–H groups in total. The third-order valence-corrected chi connectivity index (χ3v) is 4.71. The van der Waals surface area contributed by atoms with Gasteiger partial charge in [0.05, 0.1) is 5.69 Å². The summed E-state index contributed by atoms with van der Waals surface area (Å²) >= 11 is 5.19. The zero-order chi connectivity index (χ0) is 12.4. The highest BCUT2D eigenvalue weighted by Crippen LogP contribution is 2.27. The van der Waals surface area contributed by atoms with Crippen LogP contribution >= 0.6 is 27.3 Å². The molecule has 0 aliphatic heterocycles. The highest BCUT2D eigenvalue weighted by atomic mass is 79.9. The second kappa shape index (κ2) is 5.19. The lowest BCUT2D eigenvalue weighted by Gasteiger charge is -2.09. The predicted octanol–water partition coefficient (Wildman–Crippen LogP) is 4.88. The van der Waals surface area contributed by atoms with E-state index in [0.29, 0.717) is 12.2 Å². The van der Waals surface area contributed by atoms with Crippen molar-refractivity contribution in [1.29, 1.82) is 0 Å². The molecule has 0 radical (unpaired) electrons. The molecule has 0 amide bonds. The van der Waals surface area contributed by atoms with Gasteiger partial charge in [-0.3, -0.25) is 0 Å². The monoisotopic (exact) mass is 313 g/mol. The van der Waals surface area contributed by atoms with Gasteiger partial charge < -0.3 is 5.32 Å². The predicted molar refractivity (Wildman–Crippen MR) is 75.2 cm³/mol. The van der Waals surface area contributed by atoms with E-state index in [9.17, 15) is 4.39 Å². The first kappa shape index (κ1) is 12.6. The minimum absolute atomic E-state index is 0.197.